The average Bonchev–Trinajstić information content (AvgIpc) is 2.88. The minimum absolute atomic E-state index is 0.253. The number of halogens is 1. The van der Waals surface area contributed by atoms with Crippen molar-refractivity contribution in [2.24, 2.45) is 7.05 Å². The Hall–Kier alpha value is -1.07. The molecule has 0 saturated carbocycles. The molecule has 0 aromatic carbocycles. The van der Waals surface area contributed by atoms with Crippen LogP contribution in [0.25, 0.3) is 11.2 Å². The molecule has 0 fully saturated rings. The van der Waals surface area contributed by atoms with E-state index in [9.17, 15) is 0 Å². The summed E-state index contributed by atoms with van der Waals surface area (Å²) in [7, 11) is 3.67. The standard InChI is InChI=1S/C13H21ClN4O/c1-5-6-10(8-19-4)18-11(7-14)15-12-9(2)16-17(3)13(12)18/h10H,5-8H2,1-4H3. The van der Waals surface area contributed by atoms with Crippen molar-refractivity contribution in [3.05, 3.63) is 11.5 Å². The summed E-state index contributed by atoms with van der Waals surface area (Å²) in [5, 5.41) is 4.44. The van der Waals surface area contributed by atoms with Crippen LogP contribution in [0.4, 0.5) is 0 Å². The van der Waals surface area contributed by atoms with Gasteiger partial charge in [0.25, 0.3) is 0 Å². The van der Waals surface area contributed by atoms with Crippen LogP contribution >= 0.6 is 11.6 Å². The van der Waals surface area contributed by atoms with Crippen molar-refractivity contribution in [2.45, 2.75) is 38.6 Å². The molecule has 0 bridgehead atoms. The molecule has 2 rings (SSSR count). The van der Waals surface area contributed by atoms with Crippen molar-refractivity contribution >= 4 is 22.8 Å². The van der Waals surface area contributed by atoms with Crippen LogP contribution in [0.3, 0.4) is 0 Å². The summed E-state index contributed by atoms with van der Waals surface area (Å²) >= 11 is 6.06. The average molecular weight is 285 g/mol. The molecule has 0 aliphatic rings. The van der Waals surface area contributed by atoms with E-state index in [1.165, 1.54) is 0 Å². The number of methoxy groups -OCH3 is 1. The lowest BCUT2D eigenvalue weighted by Crippen LogP contribution is -2.18. The Morgan fingerprint density at radius 1 is 1.42 bits per heavy atom. The molecule has 19 heavy (non-hydrogen) atoms. The molecule has 0 N–H and O–H groups in total. The van der Waals surface area contributed by atoms with Gasteiger partial charge in [-0.25, -0.2) is 4.98 Å². The summed E-state index contributed by atoms with van der Waals surface area (Å²) in [5.41, 5.74) is 2.91. The molecule has 0 aliphatic carbocycles. The van der Waals surface area contributed by atoms with E-state index in [0.717, 1.165) is 35.5 Å². The first kappa shape index (κ1) is 14.3. The molecule has 2 aromatic heterocycles. The van der Waals surface area contributed by atoms with Gasteiger partial charge < -0.3 is 9.30 Å². The van der Waals surface area contributed by atoms with Gasteiger partial charge >= 0.3 is 0 Å². The normalized spacial score (nSPS) is 13.3. The van der Waals surface area contributed by atoms with E-state index < -0.39 is 0 Å². The van der Waals surface area contributed by atoms with Gasteiger partial charge in [-0.3, -0.25) is 4.68 Å². The zero-order valence-corrected chi connectivity index (χ0v) is 12.7. The molecular formula is C13H21ClN4O. The lowest BCUT2D eigenvalue weighted by Gasteiger charge is -2.20. The van der Waals surface area contributed by atoms with Crippen molar-refractivity contribution in [3.8, 4) is 0 Å². The highest BCUT2D eigenvalue weighted by molar-refractivity contribution is 6.16. The van der Waals surface area contributed by atoms with Crippen LogP contribution in [-0.2, 0) is 17.7 Å². The summed E-state index contributed by atoms with van der Waals surface area (Å²) in [6, 6.07) is 0.253. The van der Waals surface area contributed by atoms with Gasteiger partial charge in [-0.15, -0.1) is 11.6 Å². The Morgan fingerprint density at radius 2 is 2.16 bits per heavy atom. The first-order valence-electron chi connectivity index (χ1n) is 6.59. The maximum atomic E-state index is 6.06. The van der Waals surface area contributed by atoms with Gasteiger partial charge in [0.1, 0.15) is 11.3 Å². The third-order valence-electron chi connectivity index (χ3n) is 3.37. The zero-order valence-electron chi connectivity index (χ0n) is 12.0. The van der Waals surface area contributed by atoms with Crippen molar-refractivity contribution in [3.63, 3.8) is 0 Å². The van der Waals surface area contributed by atoms with Crippen molar-refractivity contribution in [1.82, 2.24) is 19.3 Å². The van der Waals surface area contributed by atoms with E-state index in [4.69, 9.17) is 16.3 Å². The Bertz CT molecular complexity index is 554. The number of aromatic nitrogens is 4. The van der Waals surface area contributed by atoms with Gasteiger partial charge in [0.05, 0.1) is 24.2 Å². The van der Waals surface area contributed by atoms with Gasteiger partial charge in [-0.1, -0.05) is 13.3 Å². The summed E-state index contributed by atoms with van der Waals surface area (Å²) < 4.78 is 9.42. The number of aryl methyl sites for hydroxylation is 2. The van der Waals surface area contributed by atoms with Gasteiger partial charge in [-0.05, 0) is 13.3 Å². The molecule has 0 spiro atoms. The van der Waals surface area contributed by atoms with Crippen LogP contribution in [0, 0.1) is 6.92 Å². The Kier molecular flexibility index (Phi) is 4.47. The number of alkyl halides is 1. The molecule has 5 nitrogen and oxygen atoms in total. The fraction of sp³-hybridized carbons (Fsp3) is 0.692. The molecule has 1 unspecified atom stereocenters. The number of hydrogen-bond donors (Lipinski definition) is 0. The SMILES string of the molecule is CCCC(COC)n1c(CCl)nc2c(C)nn(C)c21. The highest BCUT2D eigenvalue weighted by atomic mass is 35.5. The topological polar surface area (TPSA) is 44.9 Å². The van der Waals surface area contributed by atoms with Crippen LogP contribution in [0.15, 0.2) is 0 Å². The number of imidazole rings is 1. The van der Waals surface area contributed by atoms with Gasteiger partial charge in [0.2, 0.25) is 0 Å². The summed E-state index contributed by atoms with van der Waals surface area (Å²) in [6.45, 7) is 4.81. The maximum absolute atomic E-state index is 6.06. The fourth-order valence-corrected chi connectivity index (χ4v) is 2.82. The molecule has 1 atom stereocenters. The summed E-state index contributed by atoms with van der Waals surface area (Å²) in [5.74, 6) is 1.29. The fourth-order valence-electron chi connectivity index (χ4n) is 2.63. The molecule has 2 aromatic rings. The molecular weight excluding hydrogens is 264 g/mol. The molecule has 0 radical (unpaired) electrons. The first-order chi connectivity index (χ1) is 9.13. The second kappa shape index (κ2) is 5.92. The second-order valence-electron chi connectivity index (χ2n) is 4.81. The van der Waals surface area contributed by atoms with Crippen molar-refractivity contribution in [1.29, 1.82) is 0 Å². The number of ether oxygens (including phenoxy) is 1. The number of hydrogen-bond acceptors (Lipinski definition) is 3. The minimum Gasteiger partial charge on any atom is -0.383 e. The molecule has 0 amide bonds. The van der Waals surface area contributed by atoms with E-state index in [1.54, 1.807) is 7.11 Å². The van der Waals surface area contributed by atoms with E-state index >= 15 is 0 Å². The van der Waals surface area contributed by atoms with Crippen LogP contribution in [0.5, 0.6) is 0 Å². The minimum atomic E-state index is 0.253. The van der Waals surface area contributed by atoms with Gasteiger partial charge in [0.15, 0.2) is 5.65 Å². The quantitative estimate of drug-likeness (QED) is 0.766. The Morgan fingerprint density at radius 3 is 2.74 bits per heavy atom. The number of nitrogens with zero attached hydrogens (tertiary/aromatic N) is 4. The highest BCUT2D eigenvalue weighted by Crippen LogP contribution is 2.26. The van der Waals surface area contributed by atoms with Gasteiger partial charge in [-0.2, -0.15) is 5.10 Å². The molecule has 0 saturated heterocycles. The van der Waals surface area contributed by atoms with Crippen molar-refractivity contribution in [2.75, 3.05) is 13.7 Å². The molecule has 0 aliphatic heterocycles. The predicted molar refractivity (Wildman–Crippen MR) is 76.6 cm³/mol. The molecule has 6 heteroatoms. The third-order valence-corrected chi connectivity index (χ3v) is 3.61. The lowest BCUT2D eigenvalue weighted by molar-refractivity contribution is 0.150. The molecule has 2 heterocycles. The molecule has 106 valence electrons. The van der Waals surface area contributed by atoms with Crippen LogP contribution in [0.2, 0.25) is 0 Å². The largest absolute Gasteiger partial charge is 0.383 e. The monoisotopic (exact) mass is 284 g/mol. The second-order valence-corrected chi connectivity index (χ2v) is 5.08. The Balaban J connectivity index is 2.60. The highest BCUT2D eigenvalue weighted by Gasteiger charge is 2.22. The number of rotatable bonds is 6. The predicted octanol–water partition coefficient (Wildman–Crippen LogP) is 2.80. The van der Waals surface area contributed by atoms with Crippen LogP contribution in [-0.4, -0.2) is 33.0 Å². The van der Waals surface area contributed by atoms with E-state index in [2.05, 4.69) is 21.6 Å². The summed E-state index contributed by atoms with van der Waals surface area (Å²) in [4.78, 5) is 4.63. The Labute approximate surface area is 118 Å². The number of fused-ring (bicyclic) bond motifs is 1. The van der Waals surface area contributed by atoms with Crippen LogP contribution in [0.1, 0.15) is 37.3 Å². The van der Waals surface area contributed by atoms with E-state index in [1.807, 2.05) is 18.7 Å². The third kappa shape index (κ3) is 2.49. The van der Waals surface area contributed by atoms with Crippen molar-refractivity contribution < 1.29 is 4.74 Å². The van der Waals surface area contributed by atoms with Gasteiger partial charge in [0, 0.05) is 14.2 Å². The maximum Gasteiger partial charge on any atom is 0.159 e. The zero-order chi connectivity index (χ0) is 14.0. The summed E-state index contributed by atoms with van der Waals surface area (Å²) in [6.07, 6.45) is 2.12. The van der Waals surface area contributed by atoms with E-state index in [-0.39, 0.29) is 6.04 Å². The van der Waals surface area contributed by atoms with E-state index in [0.29, 0.717) is 12.5 Å². The lowest BCUT2D eigenvalue weighted by atomic mass is 10.2. The smallest absolute Gasteiger partial charge is 0.159 e. The van der Waals surface area contributed by atoms with Crippen LogP contribution < -0.4 is 0 Å². The first-order valence-corrected chi connectivity index (χ1v) is 7.12.